The SMILES string of the molecule is Cc1ccccc1C(=O)NCc1cccc(Oc2ccccn2)c1. The van der Waals surface area contributed by atoms with E-state index in [2.05, 4.69) is 10.3 Å². The van der Waals surface area contributed by atoms with Crippen molar-refractivity contribution in [3.05, 3.63) is 89.6 Å². The summed E-state index contributed by atoms with van der Waals surface area (Å²) in [6.07, 6.45) is 1.68. The summed E-state index contributed by atoms with van der Waals surface area (Å²) in [5.74, 6) is 1.15. The lowest BCUT2D eigenvalue weighted by Crippen LogP contribution is -2.23. The van der Waals surface area contributed by atoms with E-state index in [1.807, 2.05) is 67.6 Å². The minimum Gasteiger partial charge on any atom is -0.439 e. The Morgan fingerprint density at radius 1 is 1.04 bits per heavy atom. The van der Waals surface area contributed by atoms with Gasteiger partial charge in [0.1, 0.15) is 5.75 Å². The zero-order chi connectivity index (χ0) is 16.8. The highest BCUT2D eigenvalue weighted by atomic mass is 16.5. The number of rotatable bonds is 5. The summed E-state index contributed by atoms with van der Waals surface area (Å²) >= 11 is 0. The highest BCUT2D eigenvalue weighted by Gasteiger charge is 2.08. The van der Waals surface area contributed by atoms with Gasteiger partial charge in [0.15, 0.2) is 0 Å². The van der Waals surface area contributed by atoms with Crippen LogP contribution >= 0.6 is 0 Å². The zero-order valence-corrected chi connectivity index (χ0v) is 13.4. The fourth-order valence-electron chi connectivity index (χ4n) is 2.35. The second-order valence-electron chi connectivity index (χ2n) is 5.42. The van der Waals surface area contributed by atoms with E-state index in [9.17, 15) is 4.79 Å². The third kappa shape index (κ3) is 3.98. The summed E-state index contributed by atoms with van der Waals surface area (Å²) in [6.45, 7) is 2.36. The van der Waals surface area contributed by atoms with Crippen LogP contribution in [0.5, 0.6) is 11.6 Å². The lowest BCUT2D eigenvalue weighted by Gasteiger charge is -2.09. The van der Waals surface area contributed by atoms with Crippen LogP contribution in [0.1, 0.15) is 21.5 Å². The molecule has 0 aliphatic carbocycles. The monoisotopic (exact) mass is 318 g/mol. The summed E-state index contributed by atoms with van der Waals surface area (Å²) in [6, 6.07) is 20.6. The van der Waals surface area contributed by atoms with Gasteiger partial charge in [-0.25, -0.2) is 4.98 Å². The number of aryl methyl sites for hydroxylation is 1. The smallest absolute Gasteiger partial charge is 0.251 e. The van der Waals surface area contributed by atoms with Gasteiger partial charge in [-0.3, -0.25) is 4.79 Å². The zero-order valence-electron chi connectivity index (χ0n) is 13.4. The van der Waals surface area contributed by atoms with E-state index < -0.39 is 0 Å². The predicted molar refractivity (Wildman–Crippen MR) is 93.1 cm³/mol. The molecule has 0 bridgehead atoms. The van der Waals surface area contributed by atoms with Crippen LogP contribution in [-0.4, -0.2) is 10.9 Å². The Balaban J connectivity index is 1.65. The van der Waals surface area contributed by atoms with Gasteiger partial charge in [-0.2, -0.15) is 0 Å². The van der Waals surface area contributed by atoms with Gasteiger partial charge in [-0.15, -0.1) is 0 Å². The molecule has 120 valence electrons. The van der Waals surface area contributed by atoms with E-state index in [4.69, 9.17) is 4.74 Å². The van der Waals surface area contributed by atoms with Crippen molar-refractivity contribution in [3.63, 3.8) is 0 Å². The highest BCUT2D eigenvalue weighted by molar-refractivity contribution is 5.95. The predicted octanol–water partition coefficient (Wildman–Crippen LogP) is 4.11. The molecule has 1 N–H and O–H groups in total. The number of pyridine rings is 1. The molecular formula is C20H18N2O2. The van der Waals surface area contributed by atoms with E-state index in [1.54, 1.807) is 12.3 Å². The van der Waals surface area contributed by atoms with Crippen LogP contribution in [-0.2, 0) is 6.54 Å². The van der Waals surface area contributed by atoms with Crippen molar-refractivity contribution in [2.24, 2.45) is 0 Å². The van der Waals surface area contributed by atoms with Gasteiger partial charge in [0.25, 0.3) is 5.91 Å². The fourth-order valence-corrected chi connectivity index (χ4v) is 2.35. The highest BCUT2D eigenvalue weighted by Crippen LogP contribution is 2.20. The summed E-state index contributed by atoms with van der Waals surface area (Å²) in [5.41, 5.74) is 2.62. The molecule has 0 unspecified atom stereocenters. The van der Waals surface area contributed by atoms with Crippen molar-refractivity contribution in [1.82, 2.24) is 10.3 Å². The number of benzene rings is 2. The van der Waals surface area contributed by atoms with Gasteiger partial charge < -0.3 is 10.1 Å². The molecular weight excluding hydrogens is 300 g/mol. The molecule has 0 saturated heterocycles. The van der Waals surface area contributed by atoms with Crippen LogP contribution in [0, 0.1) is 6.92 Å². The van der Waals surface area contributed by atoms with Crippen molar-refractivity contribution in [2.45, 2.75) is 13.5 Å². The van der Waals surface area contributed by atoms with Crippen molar-refractivity contribution in [3.8, 4) is 11.6 Å². The molecule has 3 aromatic rings. The molecule has 1 aromatic heterocycles. The minimum absolute atomic E-state index is 0.0795. The van der Waals surface area contributed by atoms with Gasteiger partial charge in [0, 0.05) is 24.4 Å². The average Bonchev–Trinajstić information content (AvgIpc) is 2.61. The number of carbonyl (C=O) groups excluding carboxylic acids is 1. The van der Waals surface area contributed by atoms with E-state index >= 15 is 0 Å². The summed E-state index contributed by atoms with van der Waals surface area (Å²) in [7, 11) is 0. The van der Waals surface area contributed by atoms with Crippen molar-refractivity contribution < 1.29 is 9.53 Å². The third-order valence-electron chi connectivity index (χ3n) is 3.60. The molecule has 24 heavy (non-hydrogen) atoms. The molecule has 4 heteroatoms. The molecule has 4 nitrogen and oxygen atoms in total. The third-order valence-corrected chi connectivity index (χ3v) is 3.60. The van der Waals surface area contributed by atoms with Gasteiger partial charge >= 0.3 is 0 Å². The Hall–Kier alpha value is -3.14. The van der Waals surface area contributed by atoms with Crippen LogP contribution in [0.15, 0.2) is 72.9 Å². The number of ether oxygens (including phenoxy) is 1. The average molecular weight is 318 g/mol. The number of aromatic nitrogens is 1. The second kappa shape index (κ2) is 7.42. The second-order valence-corrected chi connectivity index (χ2v) is 5.42. The Kier molecular flexibility index (Phi) is 4.87. The topological polar surface area (TPSA) is 51.2 Å². The molecule has 0 radical (unpaired) electrons. The quantitative estimate of drug-likeness (QED) is 0.770. The maximum Gasteiger partial charge on any atom is 0.251 e. The Labute approximate surface area is 141 Å². The first-order chi connectivity index (χ1) is 11.7. The van der Waals surface area contributed by atoms with Gasteiger partial charge in [0.05, 0.1) is 0 Å². The lowest BCUT2D eigenvalue weighted by atomic mass is 10.1. The molecule has 0 saturated carbocycles. The standard InChI is InChI=1S/C20H18N2O2/c1-15-7-2-3-10-18(15)20(23)22-14-16-8-6-9-17(13-16)24-19-11-4-5-12-21-19/h2-13H,14H2,1H3,(H,22,23). The van der Waals surface area contributed by atoms with E-state index in [0.29, 0.717) is 23.7 Å². The maximum atomic E-state index is 12.3. The van der Waals surface area contributed by atoms with Crippen molar-refractivity contribution >= 4 is 5.91 Å². The van der Waals surface area contributed by atoms with Crippen molar-refractivity contribution in [1.29, 1.82) is 0 Å². The van der Waals surface area contributed by atoms with E-state index in [-0.39, 0.29) is 5.91 Å². The van der Waals surface area contributed by atoms with E-state index in [0.717, 1.165) is 11.1 Å². The summed E-state index contributed by atoms with van der Waals surface area (Å²) < 4.78 is 5.71. The Bertz CT molecular complexity index is 832. The number of carbonyl (C=O) groups is 1. The van der Waals surface area contributed by atoms with Crippen LogP contribution in [0.3, 0.4) is 0 Å². The molecule has 1 amide bonds. The number of nitrogens with one attached hydrogen (secondary N) is 1. The number of amides is 1. The molecule has 0 fully saturated rings. The molecule has 0 aliphatic heterocycles. The Morgan fingerprint density at radius 2 is 1.88 bits per heavy atom. The largest absolute Gasteiger partial charge is 0.439 e. The summed E-state index contributed by atoms with van der Waals surface area (Å²) in [4.78, 5) is 16.4. The number of nitrogens with zero attached hydrogens (tertiary/aromatic N) is 1. The lowest BCUT2D eigenvalue weighted by molar-refractivity contribution is 0.0950. The first-order valence-electron chi connectivity index (χ1n) is 7.74. The maximum absolute atomic E-state index is 12.3. The minimum atomic E-state index is -0.0795. The van der Waals surface area contributed by atoms with Crippen LogP contribution in [0.25, 0.3) is 0 Å². The van der Waals surface area contributed by atoms with Gasteiger partial charge in [-0.1, -0.05) is 36.4 Å². The molecule has 0 spiro atoms. The number of hydrogen-bond donors (Lipinski definition) is 1. The molecule has 2 aromatic carbocycles. The number of hydrogen-bond acceptors (Lipinski definition) is 3. The molecule has 3 rings (SSSR count). The van der Waals surface area contributed by atoms with Crippen LogP contribution in [0.2, 0.25) is 0 Å². The first-order valence-corrected chi connectivity index (χ1v) is 7.74. The van der Waals surface area contributed by atoms with E-state index in [1.165, 1.54) is 0 Å². The van der Waals surface area contributed by atoms with Crippen molar-refractivity contribution in [2.75, 3.05) is 0 Å². The fraction of sp³-hybridized carbons (Fsp3) is 0.100. The van der Waals surface area contributed by atoms with Crippen LogP contribution < -0.4 is 10.1 Å². The Morgan fingerprint density at radius 3 is 2.67 bits per heavy atom. The van der Waals surface area contributed by atoms with Gasteiger partial charge in [0.2, 0.25) is 5.88 Å². The molecule has 0 atom stereocenters. The molecule has 1 heterocycles. The molecule has 0 aliphatic rings. The summed E-state index contributed by atoms with van der Waals surface area (Å²) in [5, 5.41) is 2.94. The van der Waals surface area contributed by atoms with Crippen LogP contribution in [0.4, 0.5) is 0 Å². The van der Waals surface area contributed by atoms with Gasteiger partial charge in [-0.05, 0) is 42.3 Å². The normalized spacial score (nSPS) is 10.2. The first kappa shape index (κ1) is 15.7.